The standard InChI is InChI=1S/C23H26F3N7O2.C18H18F3N7.C12H22N2O2.C11H5ClF3N5/c1-21(2,3)35-20(34)32-13-22(14-32)5-8-31(9-6-22)17-4-7-27-19(30-17)15-10-29-18-11-28-16(12-33(15)18)23(24,25)26;19-18(20,21)13-9-28-12(7-25-15(28)8-24-13)16-23-4-1-14(26-16)27-5-2-17(3-6-27)10-22-11-17;1-11(2,3)16-10(15)14-8-12(9-14)4-6-13-7-5-12;12-8-1-2-16-10(19-8)6-3-18-9-4-17-7(5-20(6)9)11(13,14)15/h4,7,10-12H,5-6,8-9,13-14H2,1-3H3;1,4,7-9,22H,2-3,5-6,10-11H2;13H,4-9H2,1-3H3;1-5H. The molecule has 2 N–H and O–H groups in total. The van der Waals surface area contributed by atoms with Crippen LogP contribution in [0.2, 0.25) is 5.15 Å². The second-order valence-electron chi connectivity index (χ2n) is 27.6. The monoisotopic (exact) mass is 1400 g/mol. The van der Waals surface area contributed by atoms with Gasteiger partial charge in [-0.2, -0.15) is 39.5 Å². The number of carbonyl (C=O) groups is 2. The number of anilines is 2. The fourth-order valence-electron chi connectivity index (χ4n) is 12.6. The van der Waals surface area contributed by atoms with Crippen molar-refractivity contribution >= 4 is 52.4 Å². The highest BCUT2D eigenvalue weighted by Gasteiger charge is 2.49. The number of aromatic nitrogens is 15. The molecule has 6 aliphatic heterocycles. The van der Waals surface area contributed by atoms with Gasteiger partial charge in [-0.05, 0) is 117 Å². The van der Waals surface area contributed by atoms with Crippen LogP contribution in [0.3, 0.4) is 0 Å². The van der Waals surface area contributed by atoms with Crippen LogP contribution < -0.4 is 20.4 Å². The van der Waals surface area contributed by atoms with E-state index in [1.165, 1.54) is 56.9 Å². The Morgan fingerprint density at radius 2 is 0.788 bits per heavy atom. The minimum absolute atomic E-state index is 0.0892. The maximum Gasteiger partial charge on any atom is 0.434 e. The maximum absolute atomic E-state index is 13.1. The van der Waals surface area contributed by atoms with E-state index in [4.69, 9.17) is 21.1 Å². The third-order valence-corrected chi connectivity index (χ3v) is 18.2. The van der Waals surface area contributed by atoms with Crippen molar-refractivity contribution in [1.82, 2.24) is 93.4 Å². The van der Waals surface area contributed by atoms with Gasteiger partial charge in [0.2, 0.25) is 0 Å². The Morgan fingerprint density at radius 3 is 1.12 bits per heavy atom. The van der Waals surface area contributed by atoms with Crippen molar-refractivity contribution < 1.29 is 58.6 Å². The largest absolute Gasteiger partial charge is 0.444 e. The van der Waals surface area contributed by atoms with Crippen LogP contribution in [0, 0.1) is 16.2 Å². The number of fused-ring (bicyclic) bond motifs is 3. The van der Waals surface area contributed by atoms with Crippen molar-refractivity contribution in [2.75, 3.05) is 88.3 Å². The fraction of sp³-hybridized carbons (Fsp3) is 0.500. The fourth-order valence-corrected chi connectivity index (χ4v) is 12.8. The van der Waals surface area contributed by atoms with Gasteiger partial charge in [0.25, 0.3) is 0 Å². The number of likely N-dealkylation sites (tertiary alicyclic amines) is 2. The van der Waals surface area contributed by atoms with Crippen LogP contribution in [-0.2, 0) is 28.0 Å². The number of halogens is 10. The molecule has 0 unspecified atom stereocenters. The molecule has 526 valence electrons. The van der Waals surface area contributed by atoms with Crippen LogP contribution in [0.15, 0.2) is 92.6 Å². The second kappa shape index (κ2) is 26.8. The third-order valence-electron chi connectivity index (χ3n) is 18.0. The van der Waals surface area contributed by atoms with E-state index in [-0.39, 0.29) is 51.3 Å². The predicted octanol–water partition coefficient (Wildman–Crippen LogP) is 10.9. The summed E-state index contributed by atoms with van der Waals surface area (Å²) in [4.78, 5) is 80.1. The Hall–Kier alpha value is -9.18. The molecule has 0 bridgehead atoms. The lowest BCUT2D eigenvalue weighted by molar-refractivity contribution is -0.142. The molecule has 9 aromatic rings. The zero-order chi connectivity index (χ0) is 70.5. The van der Waals surface area contributed by atoms with E-state index < -0.39 is 41.2 Å². The molecule has 6 fully saturated rings. The molecule has 6 aliphatic rings. The zero-order valence-corrected chi connectivity index (χ0v) is 55.6. The molecule has 0 aliphatic carbocycles. The molecule has 3 spiro atoms. The smallest absolute Gasteiger partial charge is 0.434 e. The number of carbonyl (C=O) groups excluding carboxylic acids is 2. The lowest BCUT2D eigenvalue weighted by Gasteiger charge is -2.53. The number of rotatable bonds is 5. The number of hydrogen-bond donors (Lipinski definition) is 2. The summed E-state index contributed by atoms with van der Waals surface area (Å²) in [6.45, 7) is 22.1. The number of amides is 2. The van der Waals surface area contributed by atoms with Crippen molar-refractivity contribution in [3.8, 4) is 34.6 Å². The average Bonchev–Trinajstić information content (AvgIpc) is 1.59. The highest BCUT2D eigenvalue weighted by molar-refractivity contribution is 6.29. The van der Waals surface area contributed by atoms with E-state index in [0.717, 1.165) is 134 Å². The third kappa shape index (κ3) is 16.0. The topological polar surface area (TPSA) is 258 Å². The maximum atomic E-state index is 13.1. The van der Waals surface area contributed by atoms with E-state index in [2.05, 4.69) is 80.2 Å². The number of ether oxygens (including phenoxy) is 2. The Bertz CT molecular complexity index is 4370. The number of alkyl halides is 9. The summed E-state index contributed by atoms with van der Waals surface area (Å²) in [5.74, 6) is 2.30. The van der Waals surface area contributed by atoms with E-state index in [1.807, 2.05) is 52.5 Å². The molecule has 15 rings (SSSR count). The lowest BCUT2D eigenvalue weighted by Crippen LogP contribution is -2.62. The molecule has 0 saturated carbocycles. The van der Waals surface area contributed by atoms with Crippen LogP contribution in [0.25, 0.3) is 51.5 Å². The van der Waals surface area contributed by atoms with Gasteiger partial charge in [0.1, 0.15) is 45.1 Å². The van der Waals surface area contributed by atoms with E-state index in [1.54, 1.807) is 23.4 Å². The highest BCUT2D eigenvalue weighted by atomic mass is 35.5. The van der Waals surface area contributed by atoms with Gasteiger partial charge in [-0.1, -0.05) is 11.6 Å². The number of hydrogen-bond acceptors (Lipinski definition) is 20. The van der Waals surface area contributed by atoms with Crippen LogP contribution in [0.5, 0.6) is 0 Å². The molecular formula is C64H71ClF9N21O4. The molecule has 2 amide bonds. The van der Waals surface area contributed by atoms with Crippen molar-refractivity contribution in [2.45, 2.75) is 110 Å². The summed E-state index contributed by atoms with van der Waals surface area (Å²) in [6, 6.07) is 5.10. The summed E-state index contributed by atoms with van der Waals surface area (Å²) in [7, 11) is 0. The van der Waals surface area contributed by atoms with Gasteiger partial charge in [-0.15, -0.1) is 0 Å². The van der Waals surface area contributed by atoms with Crippen molar-refractivity contribution in [3.05, 3.63) is 115 Å². The van der Waals surface area contributed by atoms with Crippen LogP contribution in [-0.4, -0.2) is 185 Å². The number of nitrogens with zero attached hydrogens (tertiary/aromatic N) is 19. The number of imidazole rings is 3. The second-order valence-corrected chi connectivity index (χ2v) is 28.0. The molecule has 0 aromatic carbocycles. The zero-order valence-electron chi connectivity index (χ0n) is 54.8. The minimum atomic E-state index is -4.57. The van der Waals surface area contributed by atoms with Crippen LogP contribution >= 0.6 is 11.6 Å². The first-order valence-corrected chi connectivity index (χ1v) is 32.3. The SMILES string of the molecule is CC(C)(C)OC(=O)N1CC2(CCN(c3ccnc(-c4cnc5cnc(C(F)(F)F)cn45)n3)CC2)C1.CC(C)(C)OC(=O)N1CC2(CCNCC2)C1.FC(F)(F)c1cn2c(-c3nccc(Cl)n3)cnc2cn1.FC(F)(F)c1cn2c(-c3nccc(N4CCC5(CC4)CNC5)n3)cnc2cn1. The molecular weight excluding hydrogens is 1330 g/mol. The van der Waals surface area contributed by atoms with Crippen molar-refractivity contribution in [2.24, 2.45) is 16.2 Å². The van der Waals surface area contributed by atoms with Gasteiger partial charge < -0.3 is 39.7 Å². The summed E-state index contributed by atoms with van der Waals surface area (Å²) in [5.41, 5.74) is -1.09. The Kier molecular flexibility index (Phi) is 18.9. The van der Waals surface area contributed by atoms with Crippen LogP contribution in [0.4, 0.5) is 60.7 Å². The van der Waals surface area contributed by atoms with Gasteiger partial charge in [0.05, 0.1) is 37.2 Å². The number of piperidine rings is 3. The normalized spacial score (nSPS) is 18.1. The van der Waals surface area contributed by atoms with E-state index in [9.17, 15) is 49.1 Å². The van der Waals surface area contributed by atoms with Gasteiger partial charge in [0, 0.05) is 113 Å². The van der Waals surface area contributed by atoms with Crippen LogP contribution in [0.1, 0.15) is 97.1 Å². The van der Waals surface area contributed by atoms with Gasteiger partial charge in [-0.3, -0.25) is 13.2 Å². The lowest BCUT2D eigenvalue weighted by atomic mass is 9.72. The Balaban J connectivity index is 0.000000131. The average molecular weight is 1400 g/mol. The van der Waals surface area contributed by atoms with E-state index in [0.29, 0.717) is 58.3 Å². The van der Waals surface area contributed by atoms with Gasteiger partial charge >= 0.3 is 30.7 Å². The summed E-state index contributed by atoms with van der Waals surface area (Å²) >= 11 is 5.74. The first kappa shape index (κ1) is 69.7. The molecule has 0 atom stereocenters. The predicted molar refractivity (Wildman–Crippen MR) is 343 cm³/mol. The van der Waals surface area contributed by atoms with Crippen molar-refractivity contribution in [3.63, 3.8) is 0 Å². The molecule has 0 radical (unpaired) electrons. The summed E-state index contributed by atoms with van der Waals surface area (Å²) < 4.78 is 131. The van der Waals surface area contributed by atoms with Crippen molar-refractivity contribution in [1.29, 1.82) is 0 Å². The molecule has 35 heteroatoms. The number of nitrogens with one attached hydrogen (secondary N) is 2. The van der Waals surface area contributed by atoms with Gasteiger partial charge in [0.15, 0.2) is 51.5 Å². The molecule has 25 nitrogen and oxygen atoms in total. The summed E-state index contributed by atoms with van der Waals surface area (Å²) in [5, 5.41) is 6.89. The van der Waals surface area contributed by atoms with E-state index >= 15 is 0 Å². The molecule has 9 aromatic heterocycles. The molecule has 15 heterocycles. The Morgan fingerprint density at radius 1 is 0.444 bits per heavy atom. The Labute approximate surface area is 566 Å². The quantitative estimate of drug-likeness (QED) is 0.120. The van der Waals surface area contributed by atoms with Gasteiger partial charge in [-0.25, -0.2) is 69.4 Å². The molecule has 6 saturated heterocycles. The minimum Gasteiger partial charge on any atom is -0.444 e. The first-order valence-electron chi connectivity index (χ1n) is 32.0. The molecule has 99 heavy (non-hydrogen) atoms. The summed E-state index contributed by atoms with van der Waals surface area (Å²) in [6.07, 6.45) is 7.18. The highest BCUT2D eigenvalue weighted by Crippen LogP contribution is 2.43. The first-order chi connectivity index (χ1) is 46.7.